The Balaban J connectivity index is 1.84. The fourth-order valence-corrected chi connectivity index (χ4v) is 3.29. The molecule has 2 nitrogen and oxygen atoms in total. The molecular weight excluding hydrogens is 347 g/mol. The highest BCUT2D eigenvalue weighted by Crippen LogP contribution is 2.27. The quantitative estimate of drug-likeness (QED) is 0.649. The lowest BCUT2D eigenvalue weighted by molar-refractivity contribution is 0.517. The molecule has 19 heavy (non-hydrogen) atoms. The van der Waals surface area contributed by atoms with Gasteiger partial charge in [-0.1, -0.05) is 42.5 Å². The Hall–Kier alpha value is -0.970. The maximum Gasteiger partial charge on any atom is 0.155 e. The third-order valence-corrected chi connectivity index (χ3v) is 4.34. The molecule has 0 aromatic heterocycles. The predicted molar refractivity (Wildman–Crippen MR) is 90.1 cm³/mol. The largest absolute Gasteiger partial charge is 0.262 e. The molecular formula is C16H17IN2. The smallest absolute Gasteiger partial charge is 0.155 e. The second-order valence-electron chi connectivity index (χ2n) is 5.06. The minimum atomic E-state index is 0.344. The van der Waals surface area contributed by atoms with Crippen molar-refractivity contribution in [3.8, 4) is 0 Å². The molecule has 2 atom stereocenters. The van der Waals surface area contributed by atoms with Gasteiger partial charge >= 0.3 is 0 Å². The first-order valence-corrected chi connectivity index (χ1v) is 7.92. The Morgan fingerprint density at radius 2 is 2.11 bits per heavy atom. The zero-order valence-electron chi connectivity index (χ0n) is 10.8. The minimum Gasteiger partial charge on any atom is -0.262 e. The number of aliphatic imine (C=N–C) groups is 2. The van der Waals surface area contributed by atoms with Gasteiger partial charge in [-0.15, -0.1) is 0 Å². The molecule has 0 N–H and O–H groups in total. The average molecular weight is 364 g/mol. The maximum absolute atomic E-state index is 4.90. The van der Waals surface area contributed by atoms with Crippen molar-refractivity contribution in [3.63, 3.8) is 0 Å². The monoisotopic (exact) mass is 364 g/mol. The second kappa shape index (κ2) is 5.99. The van der Waals surface area contributed by atoms with E-state index in [1.54, 1.807) is 0 Å². The Morgan fingerprint density at radius 3 is 2.84 bits per heavy atom. The van der Waals surface area contributed by atoms with Gasteiger partial charge < -0.3 is 0 Å². The molecule has 3 rings (SSSR count). The van der Waals surface area contributed by atoms with Crippen molar-refractivity contribution in [1.82, 2.24) is 0 Å². The van der Waals surface area contributed by atoms with Crippen LogP contribution >= 0.6 is 22.6 Å². The molecule has 2 unspecified atom stereocenters. The van der Waals surface area contributed by atoms with Crippen LogP contribution in [0.3, 0.4) is 0 Å². The Labute approximate surface area is 127 Å². The number of halogens is 1. The lowest BCUT2D eigenvalue weighted by Gasteiger charge is -2.25. The zero-order valence-corrected chi connectivity index (χ0v) is 13.0. The van der Waals surface area contributed by atoms with Crippen LogP contribution < -0.4 is 0 Å². The highest BCUT2D eigenvalue weighted by atomic mass is 127. The van der Waals surface area contributed by atoms with E-state index < -0.39 is 0 Å². The first-order valence-electron chi connectivity index (χ1n) is 6.84. The van der Waals surface area contributed by atoms with Crippen LogP contribution in [0.4, 0.5) is 0 Å². The van der Waals surface area contributed by atoms with E-state index in [2.05, 4.69) is 70.1 Å². The summed E-state index contributed by atoms with van der Waals surface area (Å²) in [7, 11) is 0. The summed E-state index contributed by atoms with van der Waals surface area (Å²) in [5, 5.41) is 0. The van der Waals surface area contributed by atoms with Crippen LogP contribution in [0.1, 0.15) is 25.7 Å². The highest BCUT2D eigenvalue weighted by Gasteiger charge is 2.24. The molecule has 1 heterocycles. The van der Waals surface area contributed by atoms with Gasteiger partial charge in [0.25, 0.3) is 0 Å². The Kier molecular flexibility index (Phi) is 4.11. The lowest BCUT2D eigenvalue weighted by Crippen LogP contribution is -2.25. The first kappa shape index (κ1) is 13.0. The molecule has 0 radical (unpaired) electrons. The molecule has 3 aliphatic rings. The molecule has 1 aliphatic heterocycles. The molecule has 0 saturated carbocycles. The molecule has 0 amide bonds. The normalized spacial score (nSPS) is 29.8. The first-order chi connectivity index (χ1) is 9.33. The summed E-state index contributed by atoms with van der Waals surface area (Å²) in [4.78, 5) is 9.54. The summed E-state index contributed by atoms with van der Waals surface area (Å²) >= 11 is 2.36. The minimum absolute atomic E-state index is 0.344. The standard InChI is InChI=1S/C16H17IN2/c17-15-11-14(12-7-3-1-4-8-12)18-16(19-15)13-9-5-2-6-10-13/h1,3-5,7,9-10,12,14H,2,6,8,11H2. The van der Waals surface area contributed by atoms with E-state index in [-0.39, 0.29) is 0 Å². The van der Waals surface area contributed by atoms with Gasteiger partial charge in [0.15, 0.2) is 5.84 Å². The van der Waals surface area contributed by atoms with Gasteiger partial charge in [0.05, 0.1) is 9.76 Å². The van der Waals surface area contributed by atoms with E-state index in [1.807, 2.05) is 0 Å². The summed E-state index contributed by atoms with van der Waals surface area (Å²) in [6.45, 7) is 0. The molecule has 0 bridgehead atoms. The van der Waals surface area contributed by atoms with E-state index in [1.165, 1.54) is 9.29 Å². The second-order valence-corrected chi connectivity index (χ2v) is 6.31. The van der Waals surface area contributed by atoms with E-state index in [4.69, 9.17) is 4.99 Å². The Morgan fingerprint density at radius 1 is 1.16 bits per heavy atom. The summed E-state index contributed by atoms with van der Waals surface area (Å²) < 4.78 is 1.18. The number of hydrogen-bond acceptors (Lipinski definition) is 2. The van der Waals surface area contributed by atoms with Crippen LogP contribution in [-0.2, 0) is 0 Å². The molecule has 0 aromatic carbocycles. The molecule has 0 spiro atoms. The van der Waals surface area contributed by atoms with Gasteiger partial charge in [0, 0.05) is 17.9 Å². The SMILES string of the molecule is IC1=NC(C2=CCCC=C2)=NC(C2C=CC=CC2)C1. The van der Waals surface area contributed by atoms with Crippen molar-refractivity contribution < 1.29 is 0 Å². The van der Waals surface area contributed by atoms with E-state index in [9.17, 15) is 0 Å². The summed E-state index contributed by atoms with van der Waals surface area (Å²) in [5.41, 5.74) is 1.19. The van der Waals surface area contributed by atoms with E-state index in [0.717, 1.165) is 31.5 Å². The van der Waals surface area contributed by atoms with Crippen LogP contribution in [0.2, 0.25) is 0 Å². The van der Waals surface area contributed by atoms with Crippen LogP contribution in [0.15, 0.2) is 58.1 Å². The van der Waals surface area contributed by atoms with Crippen molar-refractivity contribution in [2.24, 2.45) is 15.9 Å². The number of rotatable bonds is 2. The molecule has 98 valence electrons. The lowest BCUT2D eigenvalue weighted by atomic mass is 9.90. The van der Waals surface area contributed by atoms with Crippen LogP contribution in [-0.4, -0.2) is 15.6 Å². The number of allylic oxidation sites excluding steroid dienone is 5. The average Bonchev–Trinajstić information content (AvgIpc) is 2.48. The topological polar surface area (TPSA) is 24.7 Å². The number of nitrogens with zero attached hydrogens (tertiary/aromatic N) is 2. The van der Waals surface area contributed by atoms with Crippen molar-refractivity contribution in [2.75, 3.05) is 0 Å². The van der Waals surface area contributed by atoms with Crippen LogP contribution in [0.5, 0.6) is 0 Å². The summed E-state index contributed by atoms with van der Waals surface area (Å²) in [6, 6.07) is 0.344. The third-order valence-electron chi connectivity index (χ3n) is 3.65. The van der Waals surface area contributed by atoms with E-state index >= 15 is 0 Å². The van der Waals surface area contributed by atoms with Crippen molar-refractivity contribution in [3.05, 3.63) is 48.1 Å². The predicted octanol–water partition coefficient (Wildman–Crippen LogP) is 4.40. The van der Waals surface area contributed by atoms with Crippen LogP contribution in [0, 0.1) is 5.92 Å². The van der Waals surface area contributed by atoms with Gasteiger partial charge in [-0.05, 0) is 41.9 Å². The highest BCUT2D eigenvalue weighted by molar-refractivity contribution is 14.1. The third kappa shape index (κ3) is 3.14. The van der Waals surface area contributed by atoms with Crippen molar-refractivity contribution >= 4 is 32.1 Å². The zero-order chi connectivity index (χ0) is 13.1. The molecule has 2 aliphatic carbocycles. The fraction of sp³-hybridized carbons (Fsp3) is 0.375. The van der Waals surface area contributed by atoms with Gasteiger partial charge in [-0.25, -0.2) is 4.99 Å². The van der Waals surface area contributed by atoms with Crippen molar-refractivity contribution in [1.29, 1.82) is 0 Å². The number of hydrogen-bond donors (Lipinski definition) is 0. The van der Waals surface area contributed by atoms with Gasteiger partial charge in [0.1, 0.15) is 0 Å². The van der Waals surface area contributed by atoms with Gasteiger partial charge in [-0.2, -0.15) is 0 Å². The molecule has 0 aromatic rings. The Bertz CT molecular complexity index is 535. The van der Waals surface area contributed by atoms with E-state index in [0.29, 0.717) is 12.0 Å². The van der Waals surface area contributed by atoms with Gasteiger partial charge in [-0.3, -0.25) is 4.99 Å². The number of amidine groups is 1. The van der Waals surface area contributed by atoms with Gasteiger partial charge in [0.2, 0.25) is 0 Å². The molecule has 0 fully saturated rings. The van der Waals surface area contributed by atoms with Crippen molar-refractivity contribution in [2.45, 2.75) is 31.7 Å². The molecule has 0 saturated heterocycles. The molecule has 3 heteroatoms. The summed E-state index contributed by atoms with van der Waals surface area (Å²) in [6.07, 6.45) is 19.7. The maximum atomic E-state index is 4.90. The van der Waals surface area contributed by atoms with Crippen LogP contribution in [0.25, 0.3) is 0 Å². The fourth-order valence-electron chi connectivity index (χ4n) is 2.62. The summed E-state index contributed by atoms with van der Waals surface area (Å²) in [5.74, 6) is 1.45.